The molecule has 0 saturated carbocycles. The maximum absolute atomic E-state index is 14.8. The van der Waals surface area contributed by atoms with E-state index >= 15 is 0 Å². The molecule has 2 saturated heterocycles. The van der Waals surface area contributed by atoms with Crippen LogP contribution < -0.4 is 15.4 Å². The van der Waals surface area contributed by atoms with Crippen molar-refractivity contribution in [3.63, 3.8) is 0 Å². The summed E-state index contributed by atoms with van der Waals surface area (Å²) in [6.45, 7) is 4.89. The second kappa shape index (κ2) is 8.01. The van der Waals surface area contributed by atoms with E-state index in [1.807, 2.05) is 68.4 Å². The topological polar surface area (TPSA) is 87.7 Å². The molecule has 7 nitrogen and oxygen atoms in total. The fourth-order valence-electron chi connectivity index (χ4n) is 7.87. The molecular weight excluding hydrogens is 478 g/mol. The molecule has 0 bridgehead atoms. The number of para-hydroxylation sites is 3. The molecule has 4 aliphatic heterocycles. The van der Waals surface area contributed by atoms with Crippen LogP contribution in [0.4, 0.5) is 11.4 Å². The molecule has 38 heavy (non-hydrogen) atoms. The zero-order chi connectivity index (χ0) is 26.2. The van der Waals surface area contributed by atoms with Gasteiger partial charge in [0.2, 0.25) is 5.91 Å². The van der Waals surface area contributed by atoms with Gasteiger partial charge in [0, 0.05) is 23.0 Å². The number of fused-ring (bicyclic) bond motifs is 7. The molecule has 0 aliphatic carbocycles. The lowest BCUT2D eigenvalue weighted by atomic mass is 9.57. The molecule has 2 fully saturated rings. The minimum atomic E-state index is -1.45. The van der Waals surface area contributed by atoms with Crippen molar-refractivity contribution in [3.8, 4) is 5.75 Å². The van der Waals surface area contributed by atoms with E-state index in [1.54, 1.807) is 12.1 Å². The third kappa shape index (κ3) is 2.55. The van der Waals surface area contributed by atoms with Gasteiger partial charge in [-0.05, 0) is 62.6 Å². The van der Waals surface area contributed by atoms with Gasteiger partial charge in [0.1, 0.15) is 16.7 Å². The average molecular weight is 508 g/mol. The predicted octanol–water partition coefficient (Wildman–Crippen LogP) is 4.41. The van der Waals surface area contributed by atoms with Crippen molar-refractivity contribution in [2.24, 2.45) is 5.92 Å². The summed E-state index contributed by atoms with van der Waals surface area (Å²) < 4.78 is 5.87. The van der Waals surface area contributed by atoms with Crippen LogP contribution in [0.15, 0.2) is 66.7 Å². The Hall–Kier alpha value is -3.97. The molecule has 0 radical (unpaired) electrons. The Kier molecular flexibility index (Phi) is 4.89. The minimum Gasteiger partial charge on any atom is -0.493 e. The van der Waals surface area contributed by atoms with Crippen molar-refractivity contribution >= 4 is 29.0 Å². The molecule has 4 aliphatic rings. The summed E-state index contributed by atoms with van der Waals surface area (Å²) in [6, 6.07) is 20.3. The van der Waals surface area contributed by atoms with Gasteiger partial charge < -0.3 is 15.4 Å². The number of ketones is 1. The summed E-state index contributed by atoms with van der Waals surface area (Å²) in [5, 5.41) is 6.23. The number of carbonyl (C=O) groups is 3. The first-order valence-corrected chi connectivity index (χ1v) is 13.3. The van der Waals surface area contributed by atoms with Crippen LogP contribution in [-0.2, 0) is 20.5 Å². The second-order valence-corrected chi connectivity index (χ2v) is 10.6. The van der Waals surface area contributed by atoms with Gasteiger partial charge in [-0.1, -0.05) is 48.5 Å². The number of hydrogen-bond acceptors (Lipinski definition) is 5. The van der Waals surface area contributed by atoms with E-state index in [9.17, 15) is 14.4 Å². The number of ether oxygens (including phenoxy) is 1. The molecule has 7 rings (SSSR count). The number of nitrogens with zero attached hydrogens (tertiary/aromatic N) is 1. The van der Waals surface area contributed by atoms with Gasteiger partial charge in [0.05, 0.1) is 18.1 Å². The highest BCUT2D eigenvalue weighted by Crippen LogP contribution is 2.68. The van der Waals surface area contributed by atoms with Gasteiger partial charge in [-0.15, -0.1) is 0 Å². The van der Waals surface area contributed by atoms with Gasteiger partial charge in [-0.2, -0.15) is 0 Å². The van der Waals surface area contributed by atoms with Crippen molar-refractivity contribution in [1.29, 1.82) is 0 Å². The fourth-order valence-corrected chi connectivity index (χ4v) is 7.87. The molecule has 192 valence electrons. The molecule has 2 N–H and O–H groups in total. The normalized spacial score (nSPS) is 28.8. The number of carbonyl (C=O) groups excluding carboxylic acids is 3. The highest BCUT2D eigenvalue weighted by atomic mass is 16.5. The van der Waals surface area contributed by atoms with Gasteiger partial charge in [-0.3, -0.25) is 19.3 Å². The number of benzene rings is 3. The molecule has 3 aromatic rings. The molecule has 0 aromatic heterocycles. The van der Waals surface area contributed by atoms with Crippen molar-refractivity contribution in [2.45, 2.75) is 43.7 Å². The third-order valence-corrected chi connectivity index (χ3v) is 9.07. The Morgan fingerprint density at radius 1 is 0.974 bits per heavy atom. The number of nitrogens with one attached hydrogen (secondary N) is 2. The van der Waals surface area contributed by atoms with Crippen LogP contribution in [0.1, 0.15) is 46.8 Å². The van der Waals surface area contributed by atoms with E-state index < -0.39 is 16.9 Å². The Labute approximate surface area is 221 Å². The smallest absolute Gasteiger partial charge is 0.251 e. The van der Waals surface area contributed by atoms with Crippen LogP contribution in [0.2, 0.25) is 0 Å². The van der Waals surface area contributed by atoms with E-state index in [0.29, 0.717) is 35.7 Å². The molecule has 2 amide bonds. The lowest BCUT2D eigenvalue weighted by molar-refractivity contribution is -0.137. The number of rotatable bonds is 4. The summed E-state index contributed by atoms with van der Waals surface area (Å²) in [5.74, 6) is -0.991. The number of hydrogen-bond donors (Lipinski definition) is 2. The maximum Gasteiger partial charge on any atom is 0.251 e. The largest absolute Gasteiger partial charge is 0.493 e. The first kappa shape index (κ1) is 23.2. The first-order chi connectivity index (χ1) is 18.5. The Bertz CT molecular complexity index is 1530. The zero-order valence-corrected chi connectivity index (χ0v) is 21.4. The summed E-state index contributed by atoms with van der Waals surface area (Å²) in [6.07, 6.45) is 1.57. The monoisotopic (exact) mass is 507 g/mol. The van der Waals surface area contributed by atoms with Gasteiger partial charge >= 0.3 is 0 Å². The molecular formula is C31H29N3O4. The second-order valence-electron chi connectivity index (χ2n) is 10.6. The molecule has 2 spiro atoms. The highest BCUT2D eigenvalue weighted by Gasteiger charge is 2.81. The van der Waals surface area contributed by atoms with Crippen LogP contribution in [0.5, 0.6) is 5.75 Å². The standard InChI is InChI=1S/C31H29N3O4/c1-3-38-24-16-7-4-11-19(24)27(35)25-23-15-9-17-34(23)31(21-13-8-10-18(2)26(21)33-29(31)37)30(25)20-12-5-6-14-22(20)32-28(30)36/h4-8,10-14,16,23,25H,3,9,15,17H2,1-2H3,(H,32,36)(H,33,37)/t23-,25-,30+,31+/m0/s1. The van der Waals surface area contributed by atoms with Gasteiger partial charge in [0.15, 0.2) is 5.78 Å². The van der Waals surface area contributed by atoms with E-state index in [0.717, 1.165) is 29.7 Å². The third-order valence-electron chi connectivity index (χ3n) is 9.07. The SMILES string of the molecule is CCOc1ccccc1C(=O)[C@@H]1[C@@H]2CCCN2[C@]2(C(=O)Nc3c(C)cccc32)[C@@]12C(=O)Nc1ccccc12. The maximum atomic E-state index is 14.8. The Morgan fingerprint density at radius 2 is 1.74 bits per heavy atom. The Morgan fingerprint density at radius 3 is 2.58 bits per heavy atom. The van der Waals surface area contributed by atoms with Gasteiger partial charge in [-0.25, -0.2) is 0 Å². The molecule has 3 aromatic carbocycles. The molecule has 4 heterocycles. The van der Waals surface area contributed by atoms with E-state index in [4.69, 9.17) is 4.74 Å². The summed E-state index contributed by atoms with van der Waals surface area (Å²) >= 11 is 0. The van der Waals surface area contributed by atoms with Gasteiger partial charge in [0.25, 0.3) is 5.91 Å². The average Bonchev–Trinajstić information content (AvgIpc) is 3.64. The van der Waals surface area contributed by atoms with E-state index in [-0.39, 0.29) is 23.6 Å². The van der Waals surface area contributed by atoms with Crippen molar-refractivity contribution in [1.82, 2.24) is 4.90 Å². The minimum absolute atomic E-state index is 0.163. The fraction of sp³-hybridized carbons (Fsp3) is 0.323. The lowest BCUT2D eigenvalue weighted by Crippen LogP contribution is -2.62. The quantitative estimate of drug-likeness (QED) is 0.511. The first-order valence-electron chi connectivity index (χ1n) is 13.3. The number of amides is 2. The van der Waals surface area contributed by atoms with Crippen molar-refractivity contribution < 1.29 is 19.1 Å². The van der Waals surface area contributed by atoms with Crippen molar-refractivity contribution in [2.75, 3.05) is 23.8 Å². The van der Waals surface area contributed by atoms with Crippen molar-refractivity contribution in [3.05, 3.63) is 89.0 Å². The van der Waals surface area contributed by atoms with E-state index in [1.165, 1.54) is 0 Å². The molecule has 0 unspecified atom stereocenters. The summed E-state index contributed by atoms with van der Waals surface area (Å²) in [4.78, 5) is 46.0. The number of Topliss-reactive ketones (excluding diaryl/α,β-unsaturated/α-hetero) is 1. The Balaban J connectivity index is 1.58. The predicted molar refractivity (Wildman–Crippen MR) is 143 cm³/mol. The van der Waals surface area contributed by atoms with Crippen LogP contribution in [-0.4, -0.2) is 41.7 Å². The van der Waals surface area contributed by atoms with Crippen LogP contribution in [0, 0.1) is 12.8 Å². The number of anilines is 2. The zero-order valence-electron chi connectivity index (χ0n) is 21.4. The summed E-state index contributed by atoms with van der Waals surface area (Å²) in [5.41, 5.74) is 1.45. The number of aryl methyl sites for hydroxylation is 1. The van der Waals surface area contributed by atoms with E-state index in [2.05, 4.69) is 15.5 Å². The lowest BCUT2D eigenvalue weighted by Gasteiger charge is -2.43. The van der Waals surface area contributed by atoms with Crippen LogP contribution in [0.3, 0.4) is 0 Å². The van der Waals surface area contributed by atoms with Crippen LogP contribution in [0.25, 0.3) is 0 Å². The molecule has 7 heteroatoms. The summed E-state index contributed by atoms with van der Waals surface area (Å²) in [7, 11) is 0. The highest BCUT2D eigenvalue weighted by molar-refractivity contribution is 6.21. The molecule has 4 atom stereocenters. The van der Waals surface area contributed by atoms with Crippen LogP contribution >= 0.6 is 0 Å².